The molecule has 1 aliphatic heterocycles. The minimum Gasteiger partial charge on any atom is -0.348 e. The molecular formula is C6H11NO. The molecule has 0 atom stereocenters. The molecule has 0 saturated carbocycles. The Morgan fingerprint density at radius 2 is 2.25 bits per heavy atom. The predicted octanol–water partition coefficient (Wildman–Crippen LogP) is 1.21. The van der Waals surface area contributed by atoms with E-state index in [4.69, 9.17) is 4.74 Å². The fourth-order valence-electron chi connectivity index (χ4n) is 0.585. The van der Waals surface area contributed by atoms with Gasteiger partial charge in [0.25, 0.3) is 0 Å². The molecule has 0 aromatic carbocycles. The van der Waals surface area contributed by atoms with E-state index < -0.39 is 0 Å². The molecule has 0 N–H and O–H groups in total. The zero-order chi connectivity index (χ0) is 6.20. The first-order valence-electron chi connectivity index (χ1n) is 2.78. The molecule has 0 spiro atoms. The minimum absolute atomic E-state index is 0.0972. The van der Waals surface area contributed by atoms with Crippen LogP contribution in [0.1, 0.15) is 20.8 Å². The first-order chi connectivity index (χ1) is 3.63. The molecule has 0 aliphatic carbocycles. The number of nitrogens with zero attached hydrogens (tertiary/aromatic N) is 1. The molecule has 0 saturated heterocycles. The van der Waals surface area contributed by atoms with E-state index in [9.17, 15) is 0 Å². The highest BCUT2D eigenvalue weighted by molar-refractivity contribution is 5.90. The maximum absolute atomic E-state index is 5.25. The van der Waals surface area contributed by atoms with Crippen LogP contribution in [0.4, 0.5) is 0 Å². The van der Waals surface area contributed by atoms with Gasteiger partial charge in [-0.2, -0.15) is 0 Å². The molecule has 8 heavy (non-hydrogen) atoms. The van der Waals surface area contributed by atoms with Crippen LogP contribution in [0.25, 0.3) is 0 Å². The van der Waals surface area contributed by atoms with Gasteiger partial charge in [0.2, 0.25) is 0 Å². The van der Waals surface area contributed by atoms with Gasteiger partial charge in [-0.05, 0) is 20.8 Å². The lowest BCUT2D eigenvalue weighted by Gasteiger charge is -2.15. The molecule has 0 bridgehead atoms. The van der Waals surface area contributed by atoms with Crippen LogP contribution in [0.15, 0.2) is 4.99 Å². The van der Waals surface area contributed by atoms with Crippen molar-refractivity contribution in [2.75, 3.05) is 6.73 Å². The van der Waals surface area contributed by atoms with Crippen LogP contribution < -0.4 is 0 Å². The Hall–Kier alpha value is -0.370. The van der Waals surface area contributed by atoms with E-state index in [0.29, 0.717) is 6.73 Å². The van der Waals surface area contributed by atoms with Crippen molar-refractivity contribution in [2.24, 2.45) is 4.99 Å². The fraction of sp³-hybridized carbons (Fsp3) is 0.833. The lowest BCUT2D eigenvalue weighted by Crippen LogP contribution is -2.27. The number of ether oxygens (including phenoxy) is 1. The standard InChI is InChI=1S/C6H11NO/c1-5-6(2,3)8-4-7-5/h4H2,1-3H3. The molecule has 2 heteroatoms. The molecule has 0 radical (unpaired) electrons. The van der Waals surface area contributed by atoms with Crippen molar-refractivity contribution >= 4 is 5.71 Å². The molecule has 0 aromatic heterocycles. The summed E-state index contributed by atoms with van der Waals surface area (Å²) in [6.07, 6.45) is 0. The van der Waals surface area contributed by atoms with Crippen molar-refractivity contribution in [1.82, 2.24) is 0 Å². The summed E-state index contributed by atoms with van der Waals surface area (Å²) in [6.45, 7) is 6.59. The van der Waals surface area contributed by atoms with Crippen molar-refractivity contribution in [2.45, 2.75) is 26.4 Å². The average Bonchev–Trinajstić information content (AvgIpc) is 1.86. The van der Waals surface area contributed by atoms with Gasteiger partial charge >= 0.3 is 0 Å². The van der Waals surface area contributed by atoms with Gasteiger partial charge < -0.3 is 4.74 Å². The zero-order valence-electron chi connectivity index (χ0n) is 5.56. The summed E-state index contributed by atoms with van der Waals surface area (Å²) in [7, 11) is 0. The van der Waals surface area contributed by atoms with Gasteiger partial charge in [-0.1, -0.05) is 0 Å². The Bertz CT molecular complexity index is 126. The summed E-state index contributed by atoms with van der Waals surface area (Å²) in [5, 5.41) is 0. The highest BCUT2D eigenvalue weighted by Crippen LogP contribution is 2.16. The van der Waals surface area contributed by atoms with Gasteiger partial charge in [-0.25, -0.2) is 0 Å². The lowest BCUT2D eigenvalue weighted by molar-refractivity contribution is 0.0611. The number of rotatable bonds is 0. The Labute approximate surface area is 49.6 Å². The van der Waals surface area contributed by atoms with E-state index in [1.165, 1.54) is 0 Å². The average molecular weight is 113 g/mol. The van der Waals surface area contributed by atoms with E-state index >= 15 is 0 Å². The molecule has 1 aliphatic rings. The summed E-state index contributed by atoms with van der Waals surface area (Å²) >= 11 is 0. The van der Waals surface area contributed by atoms with Gasteiger partial charge in [-0.15, -0.1) is 0 Å². The molecule has 1 heterocycles. The van der Waals surface area contributed by atoms with E-state index in [1.807, 2.05) is 20.8 Å². The Morgan fingerprint density at radius 3 is 2.38 bits per heavy atom. The summed E-state index contributed by atoms with van der Waals surface area (Å²) in [5.41, 5.74) is 0.998. The zero-order valence-corrected chi connectivity index (χ0v) is 5.56. The van der Waals surface area contributed by atoms with Gasteiger partial charge in [-0.3, -0.25) is 4.99 Å². The third-order valence-electron chi connectivity index (χ3n) is 1.60. The SMILES string of the molecule is CC1=NCOC1(C)C. The van der Waals surface area contributed by atoms with Crippen LogP contribution in [0.2, 0.25) is 0 Å². The van der Waals surface area contributed by atoms with Crippen LogP contribution in [0.3, 0.4) is 0 Å². The fourth-order valence-corrected chi connectivity index (χ4v) is 0.585. The molecule has 0 amide bonds. The Kier molecular flexibility index (Phi) is 1.12. The Morgan fingerprint density at radius 1 is 1.62 bits per heavy atom. The van der Waals surface area contributed by atoms with E-state index in [-0.39, 0.29) is 5.60 Å². The summed E-state index contributed by atoms with van der Waals surface area (Å²) in [4.78, 5) is 4.08. The highest BCUT2D eigenvalue weighted by atomic mass is 16.5. The third-order valence-corrected chi connectivity index (χ3v) is 1.60. The number of aliphatic imine (C=N–C) groups is 1. The van der Waals surface area contributed by atoms with Crippen LogP contribution in [-0.4, -0.2) is 18.0 Å². The second-order valence-corrected chi connectivity index (χ2v) is 2.53. The van der Waals surface area contributed by atoms with Gasteiger partial charge in [0.1, 0.15) is 12.3 Å². The minimum atomic E-state index is -0.0972. The smallest absolute Gasteiger partial charge is 0.138 e. The second kappa shape index (κ2) is 1.55. The normalized spacial score (nSPS) is 25.6. The maximum Gasteiger partial charge on any atom is 0.138 e. The van der Waals surface area contributed by atoms with Crippen molar-refractivity contribution in [1.29, 1.82) is 0 Å². The molecule has 0 aromatic rings. The van der Waals surface area contributed by atoms with Crippen molar-refractivity contribution in [3.63, 3.8) is 0 Å². The molecular weight excluding hydrogens is 102 g/mol. The van der Waals surface area contributed by atoms with E-state index in [2.05, 4.69) is 4.99 Å². The van der Waals surface area contributed by atoms with Crippen LogP contribution in [-0.2, 0) is 4.74 Å². The van der Waals surface area contributed by atoms with Crippen LogP contribution in [0, 0.1) is 0 Å². The molecule has 1 rings (SSSR count). The summed E-state index contributed by atoms with van der Waals surface area (Å²) in [6, 6.07) is 0. The topological polar surface area (TPSA) is 21.6 Å². The van der Waals surface area contributed by atoms with E-state index in [0.717, 1.165) is 5.71 Å². The third kappa shape index (κ3) is 0.757. The second-order valence-electron chi connectivity index (χ2n) is 2.53. The first-order valence-corrected chi connectivity index (χ1v) is 2.78. The van der Waals surface area contributed by atoms with Gasteiger partial charge in [0, 0.05) is 5.71 Å². The van der Waals surface area contributed by atoms with E-state index in [1.54, 1.807) is 0 Å². The van der Waals surface area contributed by atoms with Gasteiger partial charge in [0.15, 0.2) is 0 Å². The maximum atomic E-state index is 5.25. The van der Waals surface area contributed by atoms with Crippen molar-refractivity contribution in [3.05, 3.63) is 0 Å². The molecule has 46 valence electrons. The highest BCUT2D eigenvalue weighted by Gasteiger charge is 2.25. The lowest BCUT2D eigenvalue weighted by atomic mass is 10.1. The predicted molar refractivity (Wildman–Crippen MR) is 33.1 cm³/mol. The first kappa shape index (κ1) is 5.76. The van der Waals surface area contributed by atoms with Gasteiger partial charge in [0.05, 0.1) is 0 Å². The molecule has 2 nitrogen and oxygen atoms in total. The summed E-state index contributed by atoms with van der Waals surface area (Å²) < 4.78 is 5.25. The quantitative estimate of drug-likeness (QED) is 0.462. The van der Waals surface area contributed by atoms with Crippen molar-refractivity contribution < 1.29 is 4.74 Å². The molecule has 0 unspecified atom stereocenters. The largest absolute Gasteiger partial charge is 0.348 e. The van der Waals surface area contributed by atoms with Crippen LogP contribution >= 0.6 is 0 Å². The Balaban J connectivity index is 2.73. The number of hydrogen-bond acceptors (Lipinski definition) is 2. The van der Waals surface area contributed by atoms with Crippen LogP contribution in [0.5, 0.6) is 0 Å². The summed E-state index contributed by atoms with van der Waals surface area (Å²) in [5.74, 6) is 0. The number of hydrogen-bond donors (Lipinski definition) is 0. The van der Waals surface area contributed by atoms with Crippen molar-refractivity contribution in [3.8, 4) is 0 Å². The molecule has 0 fully saturated rings. The monoisotopic (exact) mass is 113 g/mol.